The van der Waals surface area contributed by atoms with Crippen LogP contribution in [-0.2, 0) is 29.5 Å². The molecule has 2 heterocycles. The molecule has 0 aliphatic rings. The molecule has 0 spiro atoms. The van der Waals surface area contributed by atoms with Crippen LogP contribution >= 0.6 is 0 Å². The van der Waals surface area contributed by atoms with Crippen molar-refractivity contribution in [1.29, 1.82) is 0 Å². The maximum absolute atomic E-state index is 10.1. The summed E-state index contributed by atoms with van der Waals surface area (Å²) in [6.07, 6.45) is 2.94. The Labute approximate surface area is 137 Å². The molecule has 1 radical (unpaired) electrons. The summed E-state index contributed by atoms with van der Waals surface area (Å²) in [4.78, 5) is 26.1. The van der Waals surface area contributed by atoms with Crippen LogP contribution in [0.3, 0.4) is 0 Å². The van der Waals surface area contributed by atoms with Crippen molar-refractivity contribution >= 4 is 11.9 Å². The second-order valence-electron chi connectivity index (χ2n) is 3.07. The number of carboxylic acid groups (broad SMARTS) is 2. The first-order valence-corrected chi connectivity index (χ1v) is 4.91. The molecule has 22 heavy (non-hydrogen) atoms. The molecule has 0 saturated heterocycles. The number of aromatic nitrogens is 2. The van der Waals surface area contributed by atoms with E-state index in [4.69, 9.17) is 0 Å². The molecule has 2 aromatic heterocycles. The molecule has 121 valence electrons. The minimum absolute atomic E-state index is 0. The largest absolute Gasteiger partial charge is 2.00 e. The Morgan fingerprint density at radius 3 is 1.82 bits per heavy atom. The minimum atomic E-state index is -1.24. The van der Waals surface area contributed by atoms with Gasteiger partial charge in [-0.25, -0.2) is 4.98 Å². The Bertz CT molecular complexity index is 476. The molecule has 0 aliphatic carbocycles. The Hall–Kier alpha value is -2.30. The summed E-state index contributed by atoms with van der Waals surface area (Å²) in [5.74, 6) is -2.42. The van der Waals surface area contributed by atoms with Gasteiger partial charge < -0.3 is 36.2 Å². The van der Waals surface area contributed by atoms with Gasteiger partial charge in [0, 0.05) is 36.9 Å². The number of pyridine rings is 2. The number of carbonyl (C=O) groups is 2. The summed E-state index contributed by atoms with van der Waals surface area (Å²) < 4.78 is 0. The molecule has 0 aliphatic heterocycles. The molecular weight excluding hydrogens is 335 g/mol. The van der Waals surface area contributed by atoms with Gasteiger partial charge in [-0.15, -0.1) is 0 Å². The zero-order valence-electron chi connectivity index (χ0n) is 11.0. The van der Waals surface area contributed by atoms with Crippen LogP contribution in [-0.4, -0.2) is 22.4 Å². The van der Waals surface area contributed by atoms with E-state index in [1.165, 1.54) is 24.5 Å². The summed E-state index contributed by atoms with van der Waals surface area (Å²) in [6, 6.07) is 9.39. The van der Waals surface area contributed by atoms with Gasteiger partial charge in [-0.2, -0.15) is 0 Å². The molecule has 0 aromatic carbocycles. The molecule has 0 atom stereocenters. The molecule has 0 fully saturated rings. The fraction of sp³-hybridized carbons (Fsp3) is 0. The first kappa shape index (κ1) is 28.0. The van der Waals surface area contributed by atoms with Gasteiger partial charge >= 0.3 is 0 Å². The first-order chi connectivity index (χ1) is 8.61. The molecule has 0 bridgehead atoms. The van der Waals surface area contributed by atoms with Crippen molar-refractivity contribution in [1.82, 2.24) is 4.98 Å². The van der Waals surface area contributed by atoms with E-state index >= 15 is 0 Å². The number of rotatable bonds is 2. The molecule has 0 amide bonds. The smallest absolute Gasteiger partial charge is 0.226 e. The predicted octanol–water partition coefficient (Wildman–Crippen LogP) is -2.76. The normalized spacial score (nSPS) is 7.27. The maximum Gasteiger partial charge on any atom is 0.226 e. The zero-order chi connectivity index (χ0) is 13.4. The molecule has 2 rings (SSSR count). The number of carbonyl (C=O) groups excluding carboxylic acids is 2. The number of hydrogen-bond acceptors (Lipinski definition) is 5. The quantitative estimate of drug-likeness (QED) is 0.566. The topological polar surface area (TPSA) is 196 Å². The minimum Gasteiger partial charge on any atom is -2.00 e. The number of nitrogens with one attached hydrogen (secondary N) is 1. The van der Waals surface area contributed by atoms with Crippen LogP contribution in [0.4, 0.5) is 0 Å². The predicted molar refractivity (Wildman–Crippen MR) is 60.9 cm³/mol. The second kappa shape index (κ2) is 15.1. The fourth-order valence-corrected chi connectivity index (χ4v) is 1.00. The molecule has 9 nitrogen and oxygen atoms in total. The van der Waals surface area contributed by atoms with E-state index in [1.807, 2.05) is 0 Å². The number of H-pyrrole nitrogens is 1. The van der Waals surface area contributed by atoms with Gasteiger partial charge in [-0.05, 0) is 18.2 Å². The molecule has 0 unspecified atom stereocenters. The molecule has 2 aromatic rings. The van der Waals surface area contributed by atoms with E-state index in [-0.39, 0.29) is 46.4 Å². The zero-order valence-corrected chi connectivity index (χ0v) is 12.4. The van der Waals surface area contributed by atoms with Gasteiger partial charge in [0.2, 0.25) is 5.69 Å². The van der Waals surface area contributed by atoms with Crippen molar-refractivity contribution in [3.8, 4) is 0 Å². The van der Waals surface area contributed by atoms with Crippen molar-refractivity contribution in [2.45, 2.75) is 0 Å². The van der Waals surface area contributed by atoms with Gasteiger partial charge in [-0.3, -0.25) is 4.98 Å². The van der Waals surface area contributed by atoms with E-state index in [2.05, 4.69) is 9.97 Å². The third kappa shape index (κ3) is 10.5. The number of aromatic amines is 1. The number of hydrogen-bond donors (Lipinski definition) is 0. The second-order valence-corrected chi connectivity index (χ2v) is 3.07. The summed E-state index contributed by atoms with van der Waals surface area (Å²) in [7, 11) is 0. The van der Waals surface area contributed by atoms with E-state index in [0.29, 0.717) is 0 Å². The van der Waals surface area contributed by atoms with Crippen LogP contribution in [0.1, 0.15) is 21.0 Å². The molecule has 0 saturated carbocycles. The summed E-state index contributed by atoms with van der Waals surface area (Å²) in [6.45, 7) is 0. The van der Waals surface area contributed by atoms with Crippen LogP contribution in [0.2, 0.25) is 0 Å². The van der Waals surface area contributed by atoms with Gasteiger partial charge in [-0.1, -0.05) is 6.07 Å². The fourth-order valence-electron chi connectivity index (χ4n) is 1.00. The Morgan fingerprint density at radius 2 is 1.55 bits per heavy atom. The van der Waals surface area contributed by atoms with Crippen molar-refractivity contribution in [3.05, 3.63) is 60.2 Å². The van der Waals surface area contributed by atoms with E-state index in [1.54, 1.807) is 24.3 Å². The van der Waals surface area contributed by atoms with Crippen LogP contribution in [0, 0.1) is 0 Å². The van der Waals surface area contributed by atoms with Crippen LogP contribution < -0.4 is 15.2 Å². The molecular formula is C12H11N2O7V-5. The van der Waals surface area contributed by atoms with Crippen molar-refractivity contribution in [2.75, 3.05) is 0 Å². The monoisotopic (exact) mass is 346 g/mol. The van der Waals surface area contributed by atoms with Gasteiger partial charge in [0.05, 0.1) is 11.7 Å². The van der Waals surface area contributed by atoms with Gasteiger partial charge in [0.1, 0.15) is 5.97 Å². The summed E-state index contributed by atoms with van der Waals surface area (Å²) >= 11 is 0. The Morgan fingerprint density at radius 1 is 0.955 bits per heavy atom. The van der Waals surface area contributed by atoms with Gasteiger partial charge in [0.25, 0.3) is 0 Å². The average Bonchev–Trinajstić information content (AvgIpc) is 2.41. The average molecular weight is 346 g/mol. The Kier molecular flexibility index (Phi) is 19.2. The van der Waals surface area contributed by atoms with Crippen molar-refractivity contribution in [2.24, 2.45) is 0 Å². The van der Waals surface area contributed by atoms with E-state index in [9.17, 15) is 19.8 Å². The van der Waals surface area contributed by atoms with E-state index in [0.717, 1.165) is 0 Å². The van der Waals surface area contributed by atoms with Crippen LogP contribution in [0.15, 0.2) is 48.8 Å². The van der Waals surface area contributed by atoms with Crippen LogP contribution in [0.25, 0.3) is 0 Å². The molecule has 3 N–H and O–H groups in total. The maximum atomic E-state index is 10.1. The number of nitrogens with zero attached hydrogens (tertiary/aromatic N) is 1. The Balaban J connectivity index is -0.000000125. The SMILES string of the molecule is O.O=C([O-])c1cccc[nH+]1.O=C([O-])c1ccccn1.[O-2].[O-2].[V]. The third-order valence-corrected chi connectivity index (χ3v) is 1.80. The molecule has 10 heteroatoms. The summed E-state index contributed by atoms with van der Waals surface area (Å²) in [5, 5.41) is 20.1. The van der Waals surface area contributed by atoms with Crippen LogP contribution in [0.5, 0.6) is 0 Å². The number of aromatic carboxylic acids is 2. The number of carboxylic acids is 2. The summed E-state index contributed by atoms with van der Waals surface area (Å²) in [5.41, 5.74) is 0.0648. The standard InChI is InChI=1S/2C6H5NO2.H2O.2O.V/c2*8-6(9)5-3-1-2-4-7-5;;;;/h2*1-4H,(H,8,9);1H2;;;/q;;;2*-2;/p-1. The van der Waals surface area contributed by atoms with Gasteiger partial charge in [0.15, 0.2) is 6.20 Å². The van der Waals surface area contributed by atoms with Crippen molar-refractivity contribution < 1.29 is 59.8 Å². The van der Waals surface area contributed by atoms with Crippen molar-refractivity contribution in [3.63, 3.8) is 0 Å². The first-order valence-electron chi connectivity index (χ1n) is 4.91. The third-order valence-electron chi connectivity index (χ3n) is 1.80. The van der Waals surface area contributed by atoms with E-state index < -0.39 is 11.9 Å².